The van der Waals surface area contributed by atoms with Gasteiger partial charge >= 0.3 is 0 Å². The fraction of sp³-hybridized carbons (Fsp3) is 0.409. The SMILES string of the molecule is CN=C(NCc1c(C)nn(-c2ccccc2)c1C)N1CCOC(c2cnn(C)c2)C1.I. The fourth-order valence-electron chi connectivity index (χ4n) is 3.90. The third-order valence-electron chi connectivity index (χ3n) is 5.54. The molecule has 31 heavy (non-hydrogen) atoms. The normalized spacial score (nSPS) is 16.8. The summed E-state index contributed by atoms with van der Waals surface area (Å²) in [6.45, 7) is 7.04. The van der Waals surface area contributed by atoms with Crippen molar-refractivity contribution >= 4 is 29.9 Å². The van der Waals surface area contributed by atoms with Gasteiger partial charge in [0.15, 0.2) is 5.96 Å². The molecule has 1 unspecified atom stereocenters. The average molecular weight is 535 g/mol. The van der Waals surface area contributed by atoms with E-state index in [1.165, 1.54) is 5.56 Å². The van der Waals surface area contributed by atoms with E-state index in [0.29, 0.717) is 13.2 Å². The lowest BCUT2D eigenvalue weighted by molar-refractivity contribution is -0.00805. The zero-order chi connectivity index (χ0) is 21.1. The molecule has 3 heterocycles. The predicted molar refractivity (Wildman–Crippen MR) is 132 cm³/mol. The molecule has 1 saturated heterocycles. The molecule has 1 atom stereocenters. The highest BCUT2D eigenvalue weighted by Gasteiger charge is 2.25. The van der Waals surface area contributed by atoms with Gasteiger partial charge in [-0.3, -0.25) is 9.67 Å². The maximum absolute atomic E-state index is 5.96. The van der Waals surface area contributed by atoms with Gasteiger partial charge in [-0.15, -0.1) is 24.0 Å². The van der Waals surface area contributed by atoms with Crippen molar-refractivity contribution in [2.45, 2.75) is 26.5 Å². The summed E-state index contributed by atoms with van der Waals surface area (Å²) >= 11 is 0. The fourth-order valence-corrected chi connectivity index (χ4v) is 3.90. The Hall–Kier alpha value is -2.40. The molecule has 0 amide bonds. The van der Waals surface area contributed by atoms with Crippen molar-refractivity contribution in [2.75, 3.05) is 26.7 Å². The van der Waals surface area contributed by atoms with Crippen LogP contribution in [0.4, 0.5) is 0 Å². The summed E-state index contributed by atoms with van der Waals surface area (Å²) in [6, 6.07) is 10.2. The van der Waals surface area contributed by atoms with Gasteiger partial charge in [-0.05, 0) is 26.0 Å². The zero-order valence-corrected chi connectivity index (χ0v) is 20.8. The summed E-state index contributed by atoms with van der Waals surface area (Å²) in [5, 5.41) is 12.5. The number of nitrogens with zero attached hydrogens (tertiary/aromatic N) is 6. The molecule has 1 fully saturated rings. The number of rotatable bonds is 4. The summed E-state index contributed by atoms with van der Waals surface area (Å²) in [4.78, 5) is 6.76. The summed E-state index contributed by atoms with van der Waals surface area (Å²) in [7, 11) is 3.74. The first kappa shape index (κ1) is 23.3. The number of benzene rings is 1. The number of hydrogen-bond acceptors (Lipinski definition) is 4. The third kappa shape index (κ3) is 5.09. The lowest BCUT2D eigenvalue weighted by atomic mass is 10.1. The Labute approximate surface area is 200 Å². The summed E-state index contributed by atoms with van der Waals surface area (Å²) in [6.07, 6.45) is 3.87. The van der Waals surface area contributed by atoms with E-state index >= 15 is 0 Å². The molecular formula is C22H30IN7O. The quantitative estimate of drug-likeness (QED) is 0.316. The maximum Gasteiger partial charge on any atom is 0.194 e. The van der Waals surface area contributed by atoms with Gasteiger partial charge in [-0.2, -0.15) is 10.2 Å². The van der Waals surface area contributed by atoms with Crippen molar-refractivity contribution in [3.63, 3.8) is 0 Å². The first-order valence-electron chi connectivity index (χ1n) is 10.2. The molecule has 0 radical (unpaired) electrons. The van der Waals surface area contributed by atoms with Crippen LogP contribution in [0.1, 0.15) is 28.6 Å². The molecule has 1 aliphatic heterocycles. The second-order valence-corrected chi connectivity index (χ2v) is 7.55. The Morgan fingerprint density at radius 2 is 2.03 bits per heavy atom. The summed E-state index contributed by atoms with van der Waals surface area (Å²) < 4.78 is 9.77. The number of halogens is 1. The summed E-state index contributed by atoms with van der Waals surface area (Å²) in [5.74, 6) is 0.874. The minimum absolute atomic E-state index is 0. The first-order valence-corrected chi connectivity index (χ1v) is 10.2. The van der Waals surface area contributed by atoms with Crippen LogP contribution in [0.2, 0.25) is 0 Å². The molecule has 1 N–H and O–H groups in total. The predicted octanol–water partition coefficient (Wildman–Crippen LogP) is 2.99. The van der Waals surface area contributed by atoms with Crippen molar-refractivity contribution in [3.05, 3.63) is 65.2 Å². The van der Waals surface area contributed by atoms with Crippen LogP contribution in [0.15, 0.2) is 47.7 Å². The van der Waals surface area contributed by atoms with Crippen molar-refractivity contribution < 1.29 is 4.74 Å². The first-order chi connectivity index (χ1) is 14.6. The largest absolute Gasteiger partial charge is 0.370 e. The lowest BCUT2D eigenvalue weighted by Gasteiger charge is -2.34. The van der Waals surface area contributed by atoms with Gasteiger partial charge in [0.2, 0.25) is 0 Å². The number of aromatic nitrogens is 4. The van der Waals surface area contributed by atoms with Gasteiger partial charge in [0, 0.05) is 50.2 Å². The van der Waals surface area contributed by atoms with Crippen LogP contribution in [-0.4, -0.2) is 57.2 Å². The van der Waals surface area contributed by atoms with E-state index in [4.69, 9.17) is 9.84 Å². The van der Waals surface area contributed by atoms with Crippen LogP contribution in [0.3, 0.4) is 0 Å². The van der Waals surface area contributed by atoms with Crippen molar-refractivity contribution in [1.82, 2.24) is 29.8 Å². The molecule has 8 nitrogen and oxygen atoms in total. The lowest BCUT2D eigenvalue weighted by Crippen LogP contribution is -2.48. The van der Waals surface area contributed by atoms with Gasteiger partial charge in [-0.1, -0.05) is 18.2 Å². The van der Waals surface area contributed by atoms with Crippen LogP contribution < -0.4 is 5.32 Å². The average Bonchev–Trinajstić information content (AvgIpc) is 3.33. The number of para-hydroxylation sites is 1. The highest BCUT2D eigenvalue weighted by Crippen LogP contribution is 2.22. The molecule has 0 spiro atoms. The zero-order valence-electron chi connectivity index (χ0n) is 18.4. The summed E-state index contributed by atoms with van der Waals surface area (Å²) in [5.41, 5.74) is 5.51. The van der Waals surface area contributed by atoms with E-state index in [1.807, 2.05) is 49.4 Å². The van der Waals surface area contributed by atoms with Crippen molar-refractivity contribution in [3.8, 4) is 5.69 Å². The molecule has 2 aromatic heterocycles. The van der Waals surface area contributed by atoms with Gasteiger partial charge in [0.25, 0.3) is 0 Å². The minimum Gasteiger partial charge on any atom is -0.370 e. The van der Waals surface area contributed by atoms with E-state index in [-0.39, 0.29) is 30.1 Å². The molecule has 0 aliphatic carbocycles. The minimum atomic E-state index is -0.00435. The van der Waals surface area contributed by atoms with Crippen LogP contribution >= 0.6 is 24.0 Å². The van der Waals surface area contributed by atoms with Crippen LogP contribution in [0.5, 0.6) is 0 Å². The van der Waals surface area contributed by atoms with Gasteiger partial charge in [0.1, 0.15) is 6.10 Å². The van der Waals surface area contributed by atoms with E-state index < -0.39 is 0 Å². The maximum atomic E-state index is 5.96. The molecule has 166 valence electrons. The molecule has 0 saturated carbocycles. The molecule has 0 bridgehead atoms. The Bertz CT molecular complexity index is 1030. The molecule has 4 rings (SSSR count). The molecule has 1 aromatic carbocycles. The van der Waals surface area contributed by atoms with Crippen molar-refractivity contribution in [2.24, 2.45) is 12.0 Å². The van der Waals surface area contributed by atoms with Gasteiger partial charge in [-0.25, -0.2) is 4.68 Å². The van der Waals surface area contributed by atoms with Gasteiger partial charge in [0.05, 0.1) is 30.7 Å². The van der Waals surface area contributed by atoms with E-state index in [0.717, 1.165) is 41.7 Å². The highest BCUT2D eigenvalue weighted by atomic mass is 127. The van der Waals surface area contributed by atoms with E-state index in [9.17, 15) is 0 Å². The number of hydrogen-bond donors (Lipinski definition) is 1. The smallest absolute Gasteiger partial charge is 0.194 e. The Morgan fingerprint density at radius 3 is 2.71 bits per heavy atom. The molecule has 1 aliphatic rings. The Kier molecular flexibility index (Phi) is 7.71. The molecule has 9 heteroatoms. The van der Waals surface area contributed by atoms with Crippen LogP contribution in [0.25, 0.3) is 5.69 Å². The number of aryl methyl sites for hydroxylation is 2. The third-order valence-corrected chi connectivity index (χ3v) is 5.54. The molecule has 3 aromatic rings. The van der Waals surface area contributed by atoms with E-state index in [1.54, 1.807) is 4.68 Å². The second kappa shape index (κ2) is 10.3. The number of aliphatic imine (C=N–C) groups is 1. The number of guanidine groups is 1. The second-order valence-electron chi connectivity index (χ2n) is 7.55. The van der Waals surface area contributed by atoms with Crippen LogP contribution in [-0.2, 0) is 18.3 Å². The Balaban J connectivity index is 0.00000272. The van der Waals surface area contributed by atoms with Gasteiger partial charge < -0.3 is 15.0 Å². The Morgan fingerprint density at radius 1 is 1.26 bits per heavy atom. The topological polar surface area (TPSA) is 72.5 Å². The number of morpholine rings is 1. The molecular weight excluding hydrogens is 505 g/mol. The van der Waals surface area contributed by atoms with Crippen molar-refractivity contribution in [1.29, 1.82) is 0 Å². The van der Waals surface area contributed by atoms with E-state index in [2.05, 4.69) is 46.3 Å². The number of ether oxygens (including phenoxy) is 1. The standard InChI is InChI=1S/C22H29N7O.HI/c1-16-20(17(2)29(26-16)19-8-6-5-7-9-19)13-24-22(23-3)28-10-11-30-21(15-28)18-12-25-27(4)14-18;/h5-9,12,14,21H,10-11,13,15H2,1-4H3,(H,23,24);1H. The monoisotopic (exact) mass is 535 g/mol. The highest BCUT2D eigenvalue weighted by molar-refractivity contribution is 14.0. The number of nitrogens with one attached hydrogen (secondary N) is 1. The van der Waals surface area contributed by atoms with Crippen LogP contribution in [0, 0.1) is 13.8 Å².